The number of halogens is 6. The van der Waals surface area contributed by atoms with Crippen molar-refractivity contribution in [1.29, 1.82) is 0 Å². The van der Waals surface area contributed by atoms with Gasteiger partial charge in [-0.2, -0.15) is 26.3 Å². The molecule has 1 aromatic heterocycles. The van der Waals surface area contributed by atoms with E-state index in [-0.39, 0.29) is 38.2 Å². The Morgan fingerprint density at radius 3 is 2.20 bits per heavy atom. The van der Waals surface area contributed by atoms with Gasteiger partial charge in [-0.05, 0) is 67.3 Å². The molecule has 0 bridgehead atoms. The topological polar surface area (TPSA) is 65.5 Å². The molecule has 41 heavy (non-hydrogen) atoms. The Labute approximate surface area is 233 Å². The highest BCUT2D eigenvalue weighted by Gasteiger charge is 2.39. The lowest BCUT2D eigenvalue weighted by atomic mass is 9.97. The van der Waals surface area contributed by atoms with E-state index in [1.165, 1.54) is 11.1 Å². The number of nitrogens with zero attached hydrogens (tertiary/aromatic N) is 3. The third-order valence-electron chi connectivity index (χ3n) is 7.02. The monoisotopic (exact) mass is 578 g/mol. The molecule has 3 aromatic rings. The van der Waals surface area contributed by atoms with Crippen molar-refractivity contribution in [2.24, 2.45) is 0 Å². The molecule has 1 aliphatic rings. The van der Waals surface area contributed by atoms with E-state index in [4.69, 9.17) is 0 Å². The first kappa shape index (κ1) is 30.0. The molecule has 2 aromatic carbocycles. The van der Waals surface area contributed by atoms with Crippen molar-refractivity contribution < 1.29 is 35.9 Å². The van der Waals surface area contributed by atoms with Crippen LogP contribution in [0.1, 0.15) is 38.2 Å². The average Bonchev–Trinajstić information content (AvgIpc) is 2.90. The number of hydrogen-bond donors (Lipinski definition) is 1. The number of rotatable bonds is 6. The summed E-state index contributed by atoms with van der Waals surface area (Å²) < 4.78 is 80.8. The molecule has 1 atom stereocenters. The lowest BCUT2D eigenvalue weighted by Gasteiger charge is -2.41. The molecule has 1 fully saturated rings. The molecular weight excluding hydrogens is 550 g/mol. The zero-order valence-corrected chi connectivity index (χ0v) is 22.3. The largest absolute Gasteiger partial charge is 0.416 e. The van der Waals surface area contributed by atoms with Gasteiger partial charge in [-0.1, -0.05) is 18.2 Å². The van der Waals surface area contributed by atoms with Crippen molar-refractivity contribution in [3.05, 3.63) is 94.3 Å². The molecule has 0 spiro atoms. The maximum Gasteiger partial charge on any atom is 0.416 e. The minimum absolute atomic E-state index is 0.00213. The van der Waals surface area contributed by atoms with E-state index in [2.05, 4.69) is 10.3 Å². The molecule has 4 rings (SSSR count). The summed E-state index contributed by atoms with van der Waals surface area (Å²) in [5.41, 5.74) is -0.404. The smallest absolute Gasteiger partial charge is 0.333 e. The van der Waals surface area contributed by atoms with Gasteiger partial charge in [-0.3, -0.25) is 19.5 Å². The van der Waals surface area contributed by atoms with Crippen LogP contribution in [0.2, 0.25) is 0 Å². The van der Waals surface area contributed by atoms with E-state index >= 15 is 0 Å². The van der Waals surface area contributed by atoms with E-state index in [0.717, 1.165) is 16.7 Å². The molecule has 2 amide bonds. The quantitative estimate of drug-likeness (QED) is 0.379. The number of aryl methyl sites for hydroxylation is 2. The number of carbonyl (C=O) groups excluding carboxylic acids is 2. The molecule has 1 unspecified atom stereocenters. The van der Waals surface area contributed by atoms with Crippen LogP contribution in [0.25, 0.3) is 0 Å². The average molecular weight is 579 g/mol. The molecule has 0 aliphatic carbocycles. The lowest BCUT2D eigenvalue weighted by Crippen LogP contribution is -2.57. The Kier molecular flexibility index (Phi) is 8.71. The van der Waals surface area contributed by atoms with Crippen molar-refractivity contribution in [3.8, 4) is 0 Å². The van der Waals surface area contributed by atoms with E-state index in [9.17, 15) is 35.9 Å². The fourth-order valence-electron chi connectivity index (χ4n) is 4.79. The van der Waals surface area contributed by atoms with Gasteiger partial charge in [0.25, 0.3) is 5.91 Å². The summed E-state index contributed by atoms with van der Waals surface area (Å²) in [6, 6.07) is 9.34. The van der Waals surface area contributed by atoms with Crippen LogP contribution >= 0.6 is 0 Å². The Morgan fingerprint density at radius 1 is 0.927 bits per heavy atom. The number of benzene rings is 2. The second-order valence-corrected chi connectivity index (χ2v) is 10.1. The number of anilines is 1. The summed E-state index contributed by atoms with van der Waals surface area (Å²) in [5, 5.41) is 2.73. The first-order valence-corrected chi connectivity index (χ1v) is 12.8. The Balaban J connectivity index is 1.61. The van der Waals surface area contributed by atoms with Gasteiger partial charge in [0.1, 0.15) is 0 Å². The summed E-state index contributed by atoms with van der Waals surface area (Å²) in [4.78, 5) is 33.2. The summed E-state index contributed by atoms with van der Waals surface area (Å²) in [6.07, 6.45) is -6.81. The minimum Gasteiger partial charge on any atom is -0.333 e. The van der Waals surface area contributed by atoms with Crippen LogP contribution in [0, 0.1) is 13.8 Å². The maximum absolute atomic E-state index is 13.5. The highest BCUT2D eigenvalue weighted by molar-refractivity contribution is 5.95. The Morgan fingerprint density at radius 2 is 1.61 bits per heavy atom. The summed E-state index contributed by atoms with van der Waals surface area (Å²) >= 11 is 0. The highest BCUT2D eigenvalue weighted by atomic mass is 19.4. The molecule has 218 valence electrons. The third kappa shape index (κ3) is 7.63. The van der Waals surface area contributed by atoms with Crippen molar-refractivity contribution in [3.63, 3.8) is 0 Å². The number of hydrogen-bond acceptors (Lipinski definition) is 4. The molecule has 1 saturated heterocycles. The van der Waals surface area contributed by atoms with Crippen molar-refractivity contribution in [2.45, 2.75) is 38.7 Å². The maximum atomic E-state index is 13.5. The summed E-state index contributed by atoms with van der Waals surface area (Å²) in [7, 11) is 0. The number of carbonyl (C=O) groups is 2. The Bertz CT molecular complexity index is 1380. The molecule has 0 radical (unpaired) electrons. The Hall–Kier alpha value is -3.93. The van der Waals surface area contributed by atoms with E-state index in [1.807, 2.05) is 32.0 Å². The van der Waals surface area contributed by atoms with Crippen LogP contribution in [-0.2, 0) is 23.6 Å². The fourth-order valence-corrected chi connectivity index (χ4v) is 4.79. The highest BCUT2D eigenvalue weighted by Crippen LogP contribution is 2.37. The van der Waals surface area contributed by atoms with E-state index < -0.39 is 41.0 Å². The van der Waals surface area contributed by atoms with Gasteiger partial charge in [0.2, 0.25) is 5.91 Å². The third-order valence-corrected chi connectivity index (χ3v) is 7.02. The van der Waals surface area contributed by atoms with Crippen LogP contribution in [0.15, 0.2) is 60.9 Å². The number of amides is 2. The number of aromatic nitrogens is 1. The predicted molar refractivity (Wildman–Crippen MR) is 140 cm³/mol. The second kappa shape index (κ2) is 11.9. The fraction of sp³-hybridized carbons (Fsp3) is 0.345. The summed E-state index contributed by atoms with van der Waals surface area (Å²) in [5.74, 6) is -1.26. The molecule has 12 heteroatoms. The zero-order valence-electron chi connectivity index (χ0n) is 22.3. The molecular formula is C29H28F6N4O2. The normalized spacial score (nSPS) is 16.5. The molecule has 1 N–H and O–H groups in total. The van der Waals surface area contributed by atoms with E-state index in [0.29, 0.717) is 24.2 Å². The van der Waals surface area contributed by atoms with Gasteiger partial charge >= 0.3 is 12.4 Å². The van der Waals surface area contributed by atoms with Crippen LogP contribution in [0.3, 0.4) is 0 Å². The lowest BCUT2D eigenvalue weighted by molar-refractivity contribution is -0.143. The van der Waals surface area contributed by atoms with Crippen LogP contribution in [-0.4, -0.2) is 58.8 Å². The van der Waals surface area contributed by atoms with Gasteiger partial charge in [0.05, 0.1) is 29.6 Å². The van der Waals surface area contributed by atoms with Crippen molar-refractivity contribution in [1.82, 2.24) is 14.8 Å². The van der Waals surface area contributed by atoms with Crippen LogP contribution in [0.4, 0.5) is 32.0 Å². The first-order valence-electron chi connectivity index (χ1n) is 12.8. The molecule has 0 saturated carbocycles. The second-order valence-electron chi connectivity index (χ2n) is 10.1. The standard InChI is InChI=1S/C29H28F6N4O2/c1-18-5-6-20(10-19(18)2)11-25-16-38(17-26(40)37-24-4-3-7-36-15-24)8-9-39(25)27(41)21-12-22(28(30,31)32)14-23(13-21)29(33,34)35/h3-7,10,12-15,25H,8-9,11,16-17H2,1-2H3,(H,37,40). The molecule has 2 heterocycles. The SMILES string of the molecule is Cc1ccc(CC2CN(CC(=O)Nc3cccnc3)CCN2C(=O)c2cc(C(F)(F)F)cc(C(F)(F)F)c2)cc1C. The number of pyridine rings is 1. The van der Waals surface area contributed by atoms with Crippen molar-refractivity contribution in [2.75, 3.05) is 31.5 Å². The minimum atomic E-state index is -5.07. The summed E-state index contributed by atoms with van der Waals surface area (Å²) in [6.45, 7) is 4.21. The van der Waals surface area contributed by atoms with Crippen LogP contribution in [0.5, 0.6) is 0 Å². The van der Waals surface area contributed by atoms with Gasteiger partial charge in [-0.25, -0.2) is 0 Å². The predicted octanol–water partition coefficient (Wildman–Crippen LogP) is 5.74. The van der Waals surface area contributed by atoms with E-state index in [1.54, 1.807) is 23.2 Å². The molecule has 1 aliphatic heterocycles. The van der Waals surface area contributed by atoms with Gasteiger partial charge < -0.3 is 10.2 Å². The van der Waals surface area contributed by atoms with Gasteiger partial charge in [0.15, 0.2) is 0 Å². The number of nitrogens with one attached hydrogen (secondary N) is 1. The van der Waals surface area contributed by atoms with Crippen LogP contribution < -0.4 is 5.32 Å². The zero-order chi connectivity index (χ0) is 29.9. The molecule has 6 nitrogen and oxygen atoms in total. The number of piperazine rings is 1. The van der Waals surface area contributed by atoms with Gasteiger partial charge in [0, 0.05) is 37.4 Å². The number of alkyl halides is 6. The van der Waals surface area contributed by atoms with Gasteiger partial charge in [-0.15, -0.1) is 0 Å². The first-order chi connectivity index (χ1) is 19.2. The van der Waals surface area contributed by atoms with Crippen molar-refractivity contribution >= 4 is 17.5 Å².